The zero-order chi connectivity index (χ0) is 14.4. The van der Waals surface area contributed by atoms with Gasteiger partial charge >= 0.3 is 0 Å². The van der Waals surface area contributed by atoms with Crippen LogP contribution in [0.5, 0.6) is 0 Å². The second-order valence-corrected chi connectivity index (χ2v) is 5.66. The number of hydrogen-bond donors (Lipinski definition) is 2. The van der Waals surface area contributed by atoms with E-state index in [9.17, 15) is 5.11 Å². The summed E-state index contributed by atoms with van der Waals surface area (Å²) in [5.74, 6) is 0.497. The van der Waals surface area contributed by atoms with E-state index in [2.05, 4.69) is 20.8 Å². The standard InChI is InChI=1S/C13H19N5OS/c1-13(19,11-6-4-3-5-7-11)10-20-12-15-16-17-18(12)9-8-14-2/h3-7,14,19H,8-10H2,1-2H3. The Kier molecular flexibility index (Phi) is 5.11. The van der Waals surface area contributed by atoms with Gasteiger partial charge in [-0.2, -0.15) is 0 Å². The lowest BCUT2D eigenvalue weighted by molar-refractivity contribution is 0.0838. The maximum Gasteiger partial charge on any atom is 0.209 e. The molecule has 0 aliphatic heterocycles. The number of nitrogens with one attached hydrogen (secondary N) is 1. The van der Waals surface area contributed by atoms with Crippen molar-refractivity contribution in [1.29, 1.82) is 0 Å². The third-order valence-electron chi connectivity index (χ3n) is 2.95. The van der Waals surface area contributed by atoms with Gasteiger partial charge in [-0.3, -0.25) is 0 Å². The number of hydrogen-bond acceptors (Lipinski definition) is 6. The number of nitrogens with zero attached hydrogens (tertiary/aromatic N) is 4. The smallest absolute Gasteiger partial charge is 0.209 e. The van der Waals surface area contributed by atoms with E-state index < -0.39 is 5.60 Å². The third kappa shape index (κ3) is 3.78. The number of thioether (sulfide) groups is 1. The second-order valence-electron chi connectivity index (χ2n) is 4.72. The summed E-state index contributed by atoms with van der Waals surface area (Å²) in [5.41, 5.74) is -0.0205. The van der Waals surface area contributed by atoms with Crippen LogP contribution in [-0.4, -0.2) is 44.7 Å². The molecule has 2 N–H and O–H groups in total. The topological polar surface area (TPSA) is 75.9 Å². The number of tetrazole rings is 1. The summed E-state index contributed by atoms with van der Waals surface area (Å²) in [6, 6.07) is 9.62. The first-order chi connectivity index (χ1) is 9.63. The zero-order valence-electron chi connectivity index (χ0n) is 11.7. The third-order valence-corrected chi connectivity index (χ3v) is 4.21. The summed E-state index contributed by atoms with van der Waals surface area (Å²) in [4.78, 5) is 0. The highest BCUT2D eigenvalue weighted by Gasteiger charge is 2.24. The van der Waals surface area contributed by atoms with E-state index in [1.54, 1.807) is 11.6 Å². The number of aliphatic hydroxyl groups is 1. The molecular weight excluding hydrogens is 274 g/mol. The van der Waals surface area contributed by atoms with Crippen LogP contribution in [-0.2, 0) is 12.1 Å². The first-order valence-electron chi connectivity index (χ1n) is 6.45. The molecule has 0 saturated carbocycles. The monoisotopic (exact) mass is 293 g/mol. The summed E-state index contributed by atoms with van der Waals surface area (Å²) in [5, 5.41) is 25.9. The number of rotatable bonds is 7. The molecule has 108 valence electrons. The molecule has 0 radical (unpaired) electrons. The predicted molar refractivity (Wildman–Crippen MR) is 78.5 cm³/mol. The van der Waals surface area contributed by atoms with Gasteiger partial charge in [0, 0.05) is 12.3 Å². The quantitative estimate of drug-likeness (QED) is 0.739. The molecule has 2 aromatic rings. The lowest BCUT2D eigenvalue weighted by Gasteiger charge is -2.22. The maximum absolute atomic E-state index is 10.5. The van der Waals surface area contributed by atoms with Crippen LogP contribution in [0.1, 0.15) is 12.5 Å². The number of likely N-dealkylation sites (N-methyl/N-ethyl adjacent to an activating group) is 1. The molecule has 0 bridgehead atoms. The van der Waals surface area contributed by atoms with Crippen LogP contribution in [0, 0.1) is 0 Å². The molecule has 20 heavy (non-hydrogen) atoms. The van der Waals surface area contributed by atoms with Crippen molar-refractivity contribution in [2.24, 2.45) is 0 Å². The first kappa shape index (κ1) is 15.0. The van der Waals surface area contributed by atoms with Crippen LogP contribution in [0.4, 0.5) is 0 Å². The molecule has 7 heteroatoms. The minimum absolute atomic E-state index is 0.497. The Balaban J connectivity index is 1.99. The molecule has 1 aromatic heterocycles. The summed E-state index contributed by atoms with van der Waals surface area (Å²) in [6.07, 6.45) is 0. The molecule has 0 fully saturated rings. The van der Waals surface area contributed by atoms with Crippen molar-refractivity contribution in [1.82, 2.24) is 25.5 Å². The lowest BCUT2D eigenvalue weighted by Crippen LogP contribution is -2.24. The highest BCUT2D eigenvalue weighted by Crippen LogP contribution is 2.27. The van der Waals surface area contributed by atoms with E-state index in [1.165, 1.54) is 11.8 Å². The van der Waals surface area contributed by atoms with Crippen molar-refractivity contribution < 1.29 is 5.11 Å². The molecule has 0 amide bonds. The van der Waals surface area contributed by atoms with Crippen LogP contribution < -0.4 is 5.32 Å². The second kappa shape index (κ2) is 6.83. The van der Waals surface area contributed by atoms with E-state index in [4.69, 9.17) is 0 Å². The Morgan fingerprint density at radius 2 is 2.10 bits per heavy atom. The molecule has 1 atom stereocenters. The number of benzene rings is 1. The van der Waals surface area contributed by atoms with E-state index >= 15 is 0 Å². The maximum atomic E-state index is 10.5. The Hall–Kier alpha value is -1.44. The largest absolute Gasteiger partial charge is 0.385 e. The van der Waals surface area contributed by atoms with Gasteiger partial charge in [-0.05, 0) is 30.0 Å². The normalized spacial score (nSPS) is 14.2. The summed E-state index contributed by atoms with van der Waals surface area (Å²) >= 11 is 1.46. The van der Waals surface area contributed by atoms with Gasteiger partial charge in [-0.15, -0.1) is 5.10 Å². The Labute approximate surface area is 122 Å². The van der Waals surface area contributed by atoms with E-state index in [-0.39, 0.29) is 0 Å². The first-order valence-corrected chi connectivity index (χ1v) is 7.43. The predicted octanol–water partition coefficient (Wildman–Crippen LogP) is 0.892. The minimum Gasteiger partial charge on any atom is -0.385 e. The molecule has 6 nitrogen and oxygen atoms in total. The highest BCUT2D eigenvalue weighted by molar-refractivity contribution is 7.99. The van der Waals surface area contributed by atoms with Gasteiger partial charge in [0.15, 0.2) is 0 Å². The highest BCUT2D eigenvalue weighted by atomic mass is 32.2. The number of aromatic nitrogens is 4. The molecule has 2 rings (SSSR count). The van der Waals surface area contributed by atoms with E-state index in [0.29, 0.717) is 12.3 Å². The lowest BCUT2D eigenvalue weighted by atomic mass is 9.99. The van der Waals surface area contributed by atoms with Crippen molar-refractivity contribution in [3.63, 3.8) is 0 Å². The van der Waals surface area contributed by atoms with Crippen molar-refractivity contribution in [2.75, 3.05) is 19.3 Å². The molecule has 1 heterocycles. The Morgan fingerprint density at radius 3 is 2.80 bits per heavy atom. The van der Waals surface area contributed by atoms with Gasteiger partial charge in [-0.25, -0.2) is 4.68 Å². The van der Waals surface area contributed by atoms with E-state index in [1.807, 2.05) is 37.4 Å². The van der Waals surface area contributed by atoms with Crippen LogP contribution in [0.2, 0.25) is 0 Å². The van der Waals surface area contributed by atoms with Gasteiger partial charge in [0.2, 0.25) is 5.16 Å². The molecule has 0 aliphatic carbocycles. The summed E-state index contributed by atoms with van der Waals surface area (Å²) < 4.78 is 1.74. The van der Waals surface area contributed by atoms with Crippen LogP contribution in [0.3, 0.4) is 0 Å². The van der Waals surface area contributed by atoms with Crippen molar-refractivity contribution in [3.05, 3.63) is 35.9 Å². The Morgan fingerprint density at radius 1 is 1.35 bits per heavy atom. The van der Waals surface area contributed by atoms with Gasteiger partial charge in [-0.1, -0.05) is 42.1 Å². The SMILES string of the molecule is CNCCn1nnnc1SCC(C)(O)c1ccccc1. The van der Waals surface area contributed by atoms with Gasteiger partial charge in [0.05, 0.1) is 12.1 Å². The van der Waals surface area contributed by atoms with Crippen molar-refractivity contribution in [3.8, 4) is 0 Å². The van der Waals surface area contributed by atoms with Crippen LogP contribution >= 0.6 is 11.8 Å². The van der Waals surface area contributed by atoms with Crippen molar-refractivity contribution in [2.45, 2.75) is 24.2 Å². The molecule has 1 unspecified atom stereocenters. The fourth-order valence-electron chi connectivity index (χ4n) is 1.74. The molecule has 0 aliphatic rings. The minimum atomic E-state index is -0.911. The van der Waals surface area contributed by atoms with Crippen molar-refractivity contribution >= 4 is 11.8 Å². The molecule has 0 saturated heterocycles. The zero-order valence-corrected chi connectivity index (χ0v) is 12.5. The van der Waals surface area contributed by atoms with Crippen LogP contribution in [0.15, 0.2) is 35.5 Å². The molecular formula is C13H19N5OS. The summed E-state index contributed by atoms with van der Waals surface area (Å²) in [7, 11) is 1.89. The fraction of sp³-hybridized carbons (Fsp3) is 0.462. The molecule has 0 spiro atoms. The van der Waals surface area contributed by atoms with Gasteiger partial charge < -0.3 is 10.4 Å². The van der Waals surface area contributed by atoms with Gasteiger partial charge in [0.1, 0.15) is 0 Å². The average Bonchev–Trinajstić information content (AvgIpc) is 2.91. The van der Waals surface area contributed by atoms with Gasteiger partial charge in [0.25, 0.3) is 0 Å². The Bertz CT molecular complexity index is 529. The average molecular weight is 293 g/mol. The van der Waals surface area contributed by atoms with Crippen LogP contribution in [0.25, 0.3) is 0 Å². The summed E-state index contributed by atoms with van der Waals surface area (Å²) in [6.45, 7) is 3.31. The fourth-order valence-corrected chi connectivity index (χ4v) is 2.69. The van der Waals surface area contributed by atoms with E-state index in [0.717, 1.165) is 17.3 Å². The molecule has 1 aromatic carbocycles.